The molecule has 0 radical (unpaired) electrons. The van der Waals surface area contributed by atoms with E-state index in [1.807, 2.05) is 0 Å². The van der Waals surface area contributed by atoms with E-state index in [0.717, 1.165) is 13.0 Å². The molecule has 1 aromatic rings. The summed E-state index contributed by atoms with van der Waals surface area (Å²) in [7, 11) is 0. The van der Waals surface area contributed by atoms with Crippen LogP contribution < -0.4 is 10.6 Å². The van der Waals surface area contributed by atoms with Crippen LogP contribution in [-0.4, -0.2) is 18.6 Å². The van der Waals surface area contributed by atoms with Gasteiger partial charge in [0, 0.05) is 22.2 Å². The van der Waals surface area contributed by atoms with Gasteiger partial charge >= 0.3 is 0 Å². The maximum absolute atomic E-state index is 6.12. The predicted molar refractivity (Wildman–Crippen MR) is 77.7 cm³/mol. The lowest BCUT2D eigenvalue weighted by Gasteiger charge is -2.43. The first-order valence-electron chi connectivity index (χ1n) is 5.88. The number of piperidine rings is 1. The number of hydrogen-bond donors (Lipinski definition) is 1. The molecular formula is C13H19IN2. The largest absolute Gasteiger partial charge is 0.368 e. The Kier molecular flexibility index (Phi) is 3.74. The van der Waals surface area contributed by atoms with Crippen LogP contribution in [0.25, 0.3) is 0 Å². The molecule has 0 saturated carbocycles. The van der Waals surface area contributed by atoms with Crippen LogP contribution in [0, 0.1) is 9.49 Å². The van der Waals surface area contributed by atoms with Gasteiger partial charge in [0.2, 0.25) is 0 Å². The van der Waals surface area contributed by atoms with Crippen molar-refractivity contribution in [1.82, 2.24) is 0 Å². The summed E-state index contributed by atoms with van der Waals surface area (Å²) in [5.41, 5.74) is 7.47. The van der Waals surface area contributed by atoms with E-state index in [9.17, 15) is 0 Å². The third-order valence-electron chi connectivity index (χ3n) is 3.79. The van der Waals surface area contributed by atoms with Crippen LogP contribution in [0.2, 0.25) is 0 Å². The number of para-hydroxylation sites is 1. The van der Waals surface area contributed by atoms with Crippen LogP contribution in [0.5, 0.6) is 0 Å². The molecule has 1 aromatic carbocycles. The summed E-state index contributed by atoms with van der Waals surface area (Å²) in [4.78, 5) is 2.50. The Morgan fingerprint density at radius 1 is 1.31 bits per heavy atom. The molecule has 16 heavy (non-hydrogen) atoms. The minimum absolute atomic E-state index is 0.354. The smallest absolute Gasteiger partial charge is 0.0504 e. The Balaban J connectivity index is 2.25. The van der Waals surface area contributed by atoms with Crippen molar-refractivity contribution < 1.29 is 0 Å². The Morgan fingerprint density at radius 2 is 2.00 bits per heavy atom. The average molecular weight is 330 g/mol. The minimum Gasteiger partial charge on any atom is -0.368 e. The van der Waals surface area contributed by atoms with E-state index >= 15 is 0 Å². The molecular weight excluding hydrogens is 311 g/mol. The molecule has 3 heteroatoms. The Bertz CT molecular complexity index is 367. The van der Waals surface area contributed by atoms with Crippen molar-refractivity contribution >= 4 is 28.3 Å². The van der Waals surface area contributed by atoms with Gasteiger partial charge in [0.05, 0.1) is 5.69 Å². The zero-order valence-electron chi connectivity index (χ0n) is 9.86. The van der Waals surface area contributed by atoms with Crippen molar-refractivity contribution in [2.24, 2.45) is 11.7 Å². The highest BCUT2D eigenvalue weighted by atomic mass is 127. The van der Waals surface area contributed by atoms with Crippen molar-refractivity contribution in [3.05, 3.63) is 27.8 Å². The molecule has 3 unspecified atom stereocenters. The predicted octanol–water partition coefficient (Wildman–Crippen LogP) is 2.85. The van der Waals surface area contributed by atoms with Crippen LogP contribution >= 0.6 is 22.6 Å². The maximum atomic E-state index is 6.12. The molecule has 1 fully saturated rings. The fraction of sp³-hybridized carbons (Fsp3) is 0.538. The lowest BCUT2D eigenvalue weighted by molar-refractivity contribution is 0.315. The molecule has 3 atom stereocenters. The summed E-state index contributed by atoms with van der Waals surface area (Å²) in [5, 5.41) is 0. The van der Waals surface area contributed by atoms with Crippen LogP contribution in [0.15, 0.2) is 24.3 Å². The molecule has 0 aromatic heterocycles. The Hall–Kier alpha value is -0.290. The molecule has 0 aliphatic carbocycles. The molecule has 88 valence electrons. The van der Waals surface area contributed by atoms with Crippen molar-refractivity contribution in [3.63, 3.8) is 0 Å². The van der Waals surface area contributed by atoms with E-state index in [4.69, 9.17) is 5.73 Å². The van der Waals surface area contributed by atoms with Gasteiger partial charge in [-0.15, -0.1) is 0 Å². The van der Waals surface area contributed by atoms with Gasteiger partial charge in [-0.25, -0.2) is 0 Å². The Labute approximate surface area is 111 Å². The van der Waals surface area contributed by atoms with Gasteiger partial charge in [0.25, 0.3) is 0 Å². The molecule has 0 amide bonds. The van der Waals surface area contributed by atoms with Crippen LogP contribution in [0.4, 0.5) is 5.69 Å². The topological polar surface area (TPSA) is 29.3 Å². The Morgan fingerprint density at radius 3 is 2.69 bits per heavy atom. The molecule has 2 rings (SSSR count). The van der Waals surface area contributed by atoms with E-state index in [2.05, 4.69) is 65.6 Å². The van der Waals surface area contributed by atoms with Gasteiger partial charge < -0.3 is 10.6 Å². The fourth-order valence-corrected chi connectivity index (χ4v) is 3.12. The highest BCUT2D eigenvalue weighted by Crippen LogP contribution is 2.30. The first-order valence-corrected chi connectivity index (χ1v) is 6.96. The number of benzene rings is 1. The first kappa shape index (κ1) is 12.2. The maximum Gasteiger partial charge on any atom is 0.0504 e. The van der Waals surface area contributed by atoms with Gasteiger partial charge in [0.15, 0.2) is 0 Å². The fourth-order valence-electron chi connectivity index (χ4n) is 2.42. The third kappa shape index (κ3) is 2.20. The lowest BCUT2D eigenvalue weighted by atomic mass is 9.87. The summed E-state index contributed by atoms with van der Waals surface area (Å²) in [6, 6.07) is 9.47. The number of nitrogens with zero attached hydrogens (tertiary/aromatic N) is 1. The van der Waals surface area contributed by atoms with Crippen molar-refractivity contribution in [3.8, 4) is 0 Å². The SMILES string of the molecule is CC1C(N)CCN(c2ccccc2I)C1C. The average Bonchev–Trinajstić information content (AvgIpc) is 2.28. The van der Waals surface area contributed by atoms with Crippen molar-refractivity contribution in [1.29, 1.82) is 0 Å². The highest BCUT2D eigenvalue weighted by Gasteiger charge is 2.30. The number of nitrogens with two attached hydrogens (primary N) is 1. The molecule has 2 nitrogen and oxygen atoms in total. The third-order valence-corrected chi connectivity index (χ3v) is 4.71. The minimum atomic E-state index is 0.354. The van der Waals surface area contributed by atoms with Gasteiger partial charge in [0.1, 0.15) is 0 Å². The number of hydrogen-bond acceptors (Lipinski definition) is 2. The lowest BCUT2D eigenvalue weighted by Crippen LogP contribution is -2.52. The van der Waals surface area contributed by atoms with Crippen molar-refractivity contribution in [2.45, 2.75) is 32.4 Å². The summed E-state index contributed by atoms with van der Waals surface area (Å²) in [6.07, 6.45) is 1.09. The molecule has 1 saturated heterocycles. The van der Waals surface area contributed by atoms with E-state index < -0.39 is 0 Å². The molecule has 0 spiro atoms. The van der Waals surface area contributed by atoms with E-state index in [0.29, 0.717) is 18.0 Å². The second-order valence-corrected chi connectivity index (χ2v) is 5.86. The van der Waals surface area contributed by atoms with Gasteiger partial charge in [-0.3, -0.25) is 0 Å². The standard InChI is InChI=1S/C13H19IN2/c1-9-10(2)16(8-7-12(9)15)13-6-4-3-5-11(13)14/h3-6,9-10,12H,7-8,15H2,1-2H3. The summed E-state index contributed by atoms with van der Waals surface area (Å²) >= 11 is 2.41. The number of halogens is 1. The quantitative estimate of drug-likeness (QED) is 0.803. The zero-order valence-corrected chi connectivity index (χ0v) is 12.0. The summed E-state index contributed by atoms with van der Waals surface area (Å²) < 4.78 is 1.33. The monoisotopic (exact) mass is 330 g/mol. The van der Waals surface area contributed by atoms with Crippen LogP contribution in [-0.2, 0) is 0 Å². The van der Waals surface area contributed by atoms with Crippen LogP contribution in [0.1, 0.15) is 20.3 Å². The van der Waals surface area contributed by atoms with E-state index in [-0.39, 0.29) is 0 Å². The second kappa shape index (κ2) is 4.92. The van der Waals surface area contributed by atoms with E-state index in [1.165, 1.54) is 9.26 Å². The number of rotatable bonds is 1. The molecule has 2 N–H and O–H groups in total. The van der Waals surface area contributed by atoms with Crippen LogP contribution in [0.3, 0.4) is 0 Å². The van der Waals surface area contributed by atoms with Crippen molar-refractivity contribution in [2.75, 3.05) is 11.4 Å². The zero-order chi connectivity index (χ0) is 11.7. The molecule has 0 bridgehead atoms. The number of anilines is 1. The summed E-state index contributed by atoms with van der Waals surface area (Å²) in [6.45, 7) is 5.62. The molecule has 1 heterocycles. The molecule has 1 aliphatic rings. The van der Waals surface area contributed by atoms with Gasteiger partial charge in [-0.05, 0) is 54.0 Å². The molecule has 1 aliphatic heterocycles. The van der Waals surface area contributed by atoms with Gasteiger partial charge in [-0.1, -0.05) is 19.1 Å². The van der Waals surface area contributed by atoms with E-state index in [1.54, 1.807) is 0 Å². The highest BCUT2D eigenvalue weighted by molar-refractivity contribution is 14.1. The first-order chi connectivity index (χ1) is 7.61. The normalized spacial score (nSPS) is 30.5. The second-order valence-electron chi connectivity index (χ2n) is 4.70. The summed E-state index contributed by atoms with van der Waals surface area (Å²) in [5.74, 6) is 0.560. The van der Waals surface area contributed by atoms with Gasteiger partial charge in [-0.2, -0.15) is 0 Å².